The van der Waals surface area contributed by atoms with Gasteiger partial charge in [-0.15, -0.1) is 0 Å². The smallest absolute Gasteiger partial charge is 0.147 e. The first-order valence-corrected chi connectivity index (χ1v) is 9.02. The van der Waals surface area contributed by atoms with Gasteiger partial charge in [0, 0.05) is 6.54 Å². The summed E-state index contributed by atoms with van der Waals surface area (Å²) in [4.78, 5) is 0. The minimum Gasteiger partial charge on any atom is -0.483 e. The average Bonchev–Trinajstić information content (AvgIpc) is 2.62. The number of rotatable bonds is 11. The van der Waals surface area contributed by atoms with E-state index in [1.54, 1.807) is 18.3 Å². The zero-order valence-electron chi connectivity index (χ0n) is 15.6. The molecule has 0 fully saturated rings. The zero-order chi connectivity index (χ0) is 18.8. The maximum absolute atomic E-state index is 13.7. The lowest BCUT2D eigenvalue weighted by Crippen LogP contribution is -2.19. The Balaban J connectivity index is 2.14. The van der Waals surface area contributed by atoms with E-state index in [1.807, 2.05) is 30.3 Å². The second-order valence-corrected chi connectivity index (χ2v) is 6.60. The quantitative estimate of drug-likeness (QED) is 0.581. The SMILES string of the molecule is C=CNCCOC[C@@H](Oc1ccc(F)cc1CC(C)C)c1ccccc1. The van der Waals surface area contributed by atoms with E-state index >= 15 is 0 Å². The summed E-state index contributed by atoms with van der Waals surface area (Å²) in [5, 5.41) is 3.00. The van der Waals surface area contributed by atoms with Crippen LogP contribution in [-0.2, 0) is 11.2 Å². The van der Waals surface area contributed by atoms with Gasteiger partial charge in [-0.2, -0.15) is 0 Å². The van der Waals surface area contributed by atoms with Crippen LogP contribution in [0.3, 0.4) is 0 Å². The van der Waals surface area contributed by atoms with Crippen LogP contribution in [0.1, 0.15) is 31.1 Å². The Bertz CT molecular complexity index is 673. The summed E-state index contributed by atoms with van der Waals surface area (Å²) >= 11 is 0. The Hall–Kier alpha value is -2.33. The average molecular weight is 357 g/mol. The molecule has 0 saturated carbocycles. The molecule has 1 atom stereocenters. The number of hydrogen-bond acceptors (Lipinski definition) is 3. The molecule has 2 aromatic carbocycles. The van der Waals surface area contributed by atoms with Gasteiger partial charge in [-0.3, -0.25) is 0 Å². The third kappa shape index (κ3) is 6.52. The monoisotopic (exact) mass is 357 g/mol. The van der Waals surface area contributed by atoms with Gasteiger partial charge in [0.05, 0.1) is 13.2 Å². The zero-order valence-corrected chi connectivity index (χ0v) is 15.6. The molecule has 0 aliphatic carbocycles. The molecule has 0 amide bonds. The molecule has 0 saturated heterocycles. The van der Waals surface area contributed by atoms with Gasteiger partial charge in [-0.05, 0) is 47.9 Å². The molecule has 2 rings (SSSR count). The third-order valence-corrected chi connectivity index (χ3v) is 3.90. The van der Waals surface area contributed by atoms with E-state index in [9.17, 15) is 4.39 Å². The van der Waals surface area contributed by atoms with E-state index in [2.05, 4.69) is 25.7 Å². The van der Waals surface area contributed by atoms with Crippen molar-refractivity contribution in [1.29, 1.82) is 0 Å². The van der Waals surface area contributed by atoms with Gasteiger partial charge >= 0.3 is 0 Å². The van der Waals surface area contributed by atoms with E-state index in [0.29, 0.717) is 31.4 Å². The minimum absolute atomic E-state index is 0.240. The van der Waals surface area contributed by atoms with Gasteiger partial charge in [0.25, 0.3) is 0 Å². The Kier molecular flexibility index (Phi) is 8.16. The van der Waals surface area contributed by atoms with Gasteiger partial charge in [-0.25, -0.2) is 4.39 Å². The van der Waals surface area contributed by atoms with Crippen LogP contribution in [0.25, 0.3) is 0 Å². The Morgan fingerprint density at radius 3 is 2.62 bits per heavy atom. The molecule has 26 heavy (non-hydrogen) atoms. The summed E-state index contributed by atoms with van der Waals surface area (Å²) in [6.07, 6.45) is 2.15. The van der Waals surface area contributed by atoms with Crippen molar-refractivity contribution in [2.24, 2.45) is 5.92 Å². The third-order valence-electron chi connectivity index (χ3n) is 3.90. The van der Waals surface area contributed by atoms with Gasteiger partial charge in [-0.1, -0.05) is 50.8 Å². The van der Waals surface area contributed by atoms with Crippen molar-refractivity contribution in [1.82, 2.24) is 5.32 Å². The van der Waals surface area contributed by atoms with E-state index in [-0.39, 0.29) is 11.9 Å². The first-order chi connectivity index (χ1) is 12.6. The van der Waals surface area contributed by atoms with Crippen molar-refractivity contribution >= 4 is 0 Å². The van der Waals surface area contributed by atoms with Crippen LogP contribution in [0, 0.1) is 11.7 Å². The molecule has 0 aliphatic rings. The van der Waals surface area contributed by atoms with Crippen molar-refractivity contribution in [2.45, 2.75) is 26.4 Å². The molecule has 4 heteroatoms. The van der Waals surface area contributed by atoms with E-state index in [1.165, 1.54) is 6.07 Å². The van der Waals surface area contributed by atoms with Crippen molar-refractivity contribution in [3.05, 3.63) is 78.3 Å². The molecule has 0 radical (unpaired) electrons. The predicted molar refractivity (Wildman–Crippen MR) is 104 cm³/mol. The van der Waals surface area contributed by atoms with E-state index in [0.717, 1.165) is 17.5 Å². The Labute approximate surface area is 155 Å². The van der Waals surface area contributed by atoms with Crippen LogP contribution in [0.2, 0.25) is 0 Å². The van der Waals surface area contributed by atoms with Gasteiger partial charge < -0.3 is 14.8 Å². The van der Waals surface area contributed by atoms with Gasteiger partial charge in [0.1, 0.15) is 17.7 Å². The fourth-order valence-corrected chi connectivity index (χ4v) is 2.71. The van der Waals surface area contributed by atoms with Gasteiger partial charge in [0.2, 0.25) is 0 Å². The second-order valence-electron chi connectivity index (χ2n) is 6.60. The van der Waals surface area contributed by atoms with Crippen molar-refractivity contribution < 1.29 is 13.9 Å². The minimum atomic E-state index is -0.253. The maximum atomic E-state index is 13.7. The number of halogens is 1. The highest BCUT2D eigenvalue weighted by atomic mass is 19.1. The molecule has 0 aromatic heterocycles. The molecule has 2 aromatic rings. The van der Waals surface area contributed by atoms with Crippen LogP contribution in [-0.4, -0.2) is 19.8 Å². The number of ether oxygens (including phenoxy) is 2. The first kappa shape index (κ1) is 20.0. The fourth-order valence-electron chi connectivity index (χ4n) is 2.71. The summed E-state index contributed by atoms with van der Waals surface area (Å²) in [6.45, 7) is 9.50. The summed E-state index contributed by atoms with van der Waals surface area (Å²) in [5.74, 6) is 0.883. The molecule has 0 bridgehead atoms. The summed E-state index contributed by atoms with van der Waals surface area (Å²) < 4.78 is 25.7. The molecule has 3 nitrogen and oxygen atoms in total. The lowest BCUT2D eigenvalue weighted by molar-refractivity contribution is 0.0511. The molecular weight excluding hydrogens is 329 g/mol. The highest BCUT2D eigenvalue weighted by Gasteiger charge is 2.17. The van der Waals surface area contributed by atoms with Crippen LogP contribution >= 0.6 is 0 Å². The number of hydrogen-bond donors (Lipinski definition) is 1. The topological polar surface area (TPSA) is 30.5 Å². The lowest BCUT2D eigenvalue weighted by Gasteiger charge is -2.22. The first-order valence-electron chi connectivity index (χ1n) is 9.02. The van der Waals surface area contributed by atoms with Crippen LogP contribution in [0.4, 0.5) is 4.39 Å². The molecule has 140 valence electrons. The van der Waals surface area contributed by atoms with Crippen LogP contribution < -0.4 is 10.1 Å². The van der Waals surface area contributed by atoms with Crippen molar-refractivity contribution in [3.63, 3.8) is 0 Å². The number of benzene rings is 2. The molecule has 0 heterocycles. The molecule has 0 unspecified atom stereocenters. The van der Waals surface area contributed by atoms with Crippen molar-refractivity contribution in [2.75, 3.05) is 19.8 Å². The van der Waals surface area contributed by atoms with E-state index < -0.39 is 0 Å². The molecule has 1 N–H and O–H groups in total. The maximum Gasteiger partial charge on any atom is 0.147 e. The summed E-state index contributed by atoms with van der Waals surface area (Å²) in [5.41, 5.74) is 1.92. The highest BCUT2D eigenvalue weighted by molar-refractivity contribution is 5.35. The second kappa shape index (κ2) is 10.6. The summed E-state index contributed by atoms with van der Waals surface area (Å²) in [6, 6.07) is 14.7. The normalized spacial score (nSPS) is 12.0. The van der Waals surface area contributed by atoms with Crippen LogP contribution in [0.15, 0.2) is 61.3 Å². The molecule has 0 spiro atoms. The molecule has 0 aliphatic heterocycles. The predicted octanol–water partition coefficient (Wildman–Crippen LogP) is 4.89. The van der Waals surface area contributed by atoms with E-state index in [4.69, 9.17) is 9.47 Å². The number of nitrogens with one attached hydrogen (secondary N) is 1. The fraction of sp³-hybridized carbons (Fsp3) is 0.364. The Morgan fingerprint density at radius 1 is 1.15 bits per heavy atom. The summed E-state index contributed by atoms with van der Waals surface area (Å²) in [7, 11) is 0. The Morgan fingerprint density at radius 2 is 1.92 bits per heavy atom. The standard InChI is InChI=1S/C22H28FNO2/c1-4-24-12-13-25-16-22(18-8-6-5-7-9-18)26-21-11-10-20(23)15-19(21)14-17(2)3/h4-11,15,17,22,24H,1,12-14,16H2,2-3H3/t22-/m1/s1. The lowest BCUT2D eigenvalue weighted by atomic mass is 10.0. The van der Waals surface area contributed by atoms with Crippen LogP contribution in [0.5, 0.6) is 5.75 Å². The molecular formula is C22H28FNO2. The van der Waals surface area contributed by atoms with Gasteiger partial charge in [0.15, 0.2) is 0 Å². The largest absolute Gasteiger partial charge is 0.483 e. The van der Waals surface area contributed by atoms with Crippen molar-refractivity contribution in [3.8, 4) is 5.75 Å². The highest BCUT2D eigenvalue weighted by Crippen LogP contribution is 2.28.